The molecular weight excluding hydrogens is 202 g/mol. The number of hydrogen-bond donors (Lipinski definition) is 2. The molecule has 0 aliphatic heterocycles. The van der Waals surface area contributed by atoms with Gasteiger partial charge >= 0.3 is 0 Å². The van der Waals surface area contributed by atoms with Gasteiger partial charge in [-0.15, -0.1) is 0 Å². The van der Waals surface area contributed by atoms with Crippen molar-refractivity contribution in [2.24, 2.45) is 11.7 Å². The second-order valence-electron chi connectivity index (χ2n) is 4.33. The third kappa shape index (κ3) is 2.79. The molecule has 0 aromatic carbocycles. The van der Waals surface area contributed by atoms with Gasteiger partial charge in [0, 0.05) is 30.9 Å². The minimum atomic E-state index is 0.142. The lowest BCUT2D eigenvalue weighted by Gasteiger charge is -2.31. The van der Waals surface area contributed by atoms with E-state index in [9.17, 15) is 4.79 Å². The fraction of sp³-hybridized carbons (Fsp3) is 0.500. The van der Waals surface area contributed by atoms with Crippen LogP contribution in [-0.2, 0) is 11.2 Å². The molecule has 0 saturated heterocycles. The Hall–Kier alpha value is -1.42. The minimum Gasteiger partial charge on any atom is -0.356 e. The summed E-state index contributed by atoms with van der Waals surface area (Å²) in [5, 5.41) is 2.93. The maximum Gasteiger partial charge on any atom is 0.223 e. The first kappa shape index (κ1) is 11.1. The molecule has 1 aromatic heterocycles. The number of rotatable bonds is 4. The van der Waals surface area contributed by atoms with E-state index in [0.29, 0.717) is 6.54 Å². The fourth-order valence-electron chi connectivity index (χ4n) is 1.90. The highest BCUT2D eigenvalue weighted by Crippen LogP contribution is 2.25. The number of amides is 1. The molecule has 1 aliphatic rings. The molecule has 0 bridgehead atoms. The summed E-state index contributed by atoms with van der Waals surface area (Å²) >= 11 is 0. The molecule has 4 heteroatoms. The summed E-state index contributed by atoms with van der Waals surface area (Å²) in [6.45, 7) is 0.677. The van der Waals surface area contributed by atoms with Gasteiger partial charge < -0.3 is 11.1 Å². The van der Waals surface area contributed by atoms with E-state index < -0.39 is 0 Å². The molecule has 1 fully saturated rings. The van der Waals surface area contributed by atoms with Gasteiger partial charge in [-0.3, -0.25) is 9.78 Å². The van der Waals surface area contributed by atoms with E-state index in [1.807, 2.05) is 18.3 Å². The first-order valence-corrected chi connectivity index (χ1v) is 5.68. The predicted molar refractivity (Wildman–Crippen MR) is 61.7 cm³/mol. The molecule has 1 aromatic rings. The second-order valence-corrected chi connectivity index (χ2v) is 4.33. The summed E-state index contributed by atoms with van der Waals surface area (Å²) in [5.74, 6) is 0.287. The Labute approximate surface area is 95.3 Å². The molecule has 16 heavy (non-hydrogen) atoms. The Balaban J connectivity index is 1.67. The maximum atomic E-state index is 11.6. The highest BCUT2D eigenvalue weighted by molar-refractivity contribution is 5.79. The SMILES string of the molecule is NC1CC(C(=O)NCCc2cccnc2)C1. The van der Waals surface area contributed by atoms with Crippen molar-refractivity contribution in [1.82, 2.24) is 10.3 Å². The van der Waals surface area contributed by atoms with Crippen molar-refractivity contribution >= 4 is 5.91 Å². The summed E-state index contributed by atoms with van der Waals surface area (Å²) in [5.41, 5.74) is 6.78. The average molecular weight is 219 g/mol. The van der Waals surface area contributed by atoms with Crippen molar-refractivity contribution in [2.45, 2.75) is 25.3 Å². The van der Waals surface area contributed by atoms with Crippen molar-refractivity contribution in [3.05, 3.63) is 30.1 Å². The first-order valence-electron chi connectivity index (χ1n) is 5.68. The van der Waals surface area contributed by atoms with Gasteiger partial charge in [0.25, 0.3) is 0 Å². The van der Waals surface area contributed by atoms with Crippen molar-refractivity contribution < 1.29 is 4.79 Å². The van der Waals surface area contributed by atoms with Crippen LogP contribution in [0.25, 0.3) is 0 Å². The van der Waals surface area contributed by atoms with Gasteiger partial charge in [0.15, 0.2) is 0 Å². The molecule has 0 radical (unpaired) electrons. The number of carbonyl (C=O) groups is 1. The Morgan fingerprint density at radius 1 is 1.56 bits per heavy atom. The zero-order valence-electron chi connectivity index (χ0n) is 9.23. The normalized spacial score (nSPS) is 23.6. The number of aromatic nitrogens is 1. The number of nitrogens with zero attached hydrogens (tertiary/aromatic N) is 1. The van der Waals surface area contributed by atoms with Crippen LogP contribution in [-0.4, -0.2) is 23.5 Å². The van der Waals surface area contributed by atoms with Crippen LogP contribution >= 0.6 is 0 Å². The lowest BCUT2D eigenvalue weighted by Crippen LogP contribution is -2.45. The Morgan fingerprint density at radius 3 is 3.00 bits per heavy atom. The molecule has 0 atom stereocenters. The number of nitrogens with two attached hydrogens (primary N) is 1. The van der Waals surface area contributed by atoms with Crippen LogP contribution in [0.2, 0.25) is 0 Å². The van der Waals surface area contributed by atoms with E-state index in [1.165, 1.54) is 0 Å². The summed E-state index contributed by atoms with van der Waals surface area (Å²) in [7, 11) is 0. The van der Waals surface area contributed by atoms with Crippen LogP contribution in [0, 0.1) is 5.92 Å². The lowest BCUT2D eigenvalue weighted by molar-refractivity contribution is -0.127. The minimum absolute atomic E-state index is 0.142. The zero-order chi connectivity index (χ0) is 11.4. The predicted octanol–water partition coefficient (Wildman–Crippen LogP) is 0.478. The highest BCUT2D eigenvalue weighted by Gasteiger charge is 2.31. The van der Waals surface area contributed by atoms with Crippen LogP contribution in [0.1, 0.15) is 18.4 Å². The van der Waals surface area contributed by atoms with Crippen LogP contribution in [0.5, 0.6) is 0 Å². The van der Waals surface area contributed by atoms with Crippen LogP contribution in [0.4, 0.5) is 0 Å². The average Bonchev–Trinajstić information content (AvgIpc) is 2.26. The van der Waals surface area contributed by atoms with E-state index in [-0.39, 0.29) is 17.9 Å². The number of carbonyl (C=O) groups excluding carboxylic acids is 1. The van der Waals surface area contributed by atoms with Gasteiger partial charge in [-0.1, -0.05) is 6.07 Å². The molecule has 3 N–H and O–H groups in total. The summed E-state index contributed by atoms with van der Waals surface area (Å²) in [4.78, 5) is 15.6. The van der Waals surface area contributed by atoms with Gasteiger partial charge in [0.05, 0.1) is 0 Å². The number of pyridine rings is 1. The Kier molecular flexibility index (Phi) is 3.51. The third-order valence-electron chi connectivity index (χ3n) is 2.98. The molecule has 0 spiro atoms. The van der Waals surface area contributed by atoms with Gasteiger partial charge in [-0.05, 0) is 30.9 Å². The van der Waals surface area contributed by atoms with Crippen LogP contribution in [0.3, 0.4) is 0 Å². The molecular formula is C12H17N3O. The topological polar surface area (TPSA) is 68.0 Å². The van der Waals surface area contributed by atoms with E-state index >= 15 is 0 Å². The van der Waals surface area contributed by atoms with Crippen LogP contribution in [0.15, 0.2) is 24.5 Å². The monoisotopic (exact) mass is 219 g/mol. The van der Waals surface area contributed by atoms with Crippen molar-refractivity contribution in [1.29, 1.82) is 0 Å². The summed E-state index contributed by atoms with van der Waals surface area (Å²) in [6.07, 6.45) is 6.07. The van der Waals surface area contributed by atoms with Gasteiger partial charge in [0.1, 0.15) is 0 Å². The van der Waals surface area contributed by atoms with Gasteiger partial charge in [-0.2, -0.15) is 0 Å². The maximum absolute atomic E-state index is 11.6. The fourth-order valence-corrected chi connectivity index (χ4v) is 1.90. The molecule has 1 heterocycles. The smallest absolute Gasteiger partial charge is 0.223 e. The van der Waals surface area contributed by atoms with E-state index in [1.54, 1.807) is 6.20 Å². The zero-order valence-corrected chi connectivity index (χ0v) is 9.23. The van der Waals surface area contributed by atoms with Gasteiger partial charge in [0.2, 0.25) is 5.91 Å². The quantitative estimate of drug-likeness (QED) is 0.774. The van der Waals surface area contributed by atoms with Crippen molar-refractivity contribution in [3.63, 3.8) is 0 Å². The third-order valence-corrected chi connectivity index (χ3v) is 2.98. The van der Waals surface area contributed by atoms with E-state index in [0.717, 1.165) is 24.8 Å². The number of nitrogens with one attached hydrogen (secondary N) is 1. The Morgan fingerprint density at radius 2 is 2.38 bits per heavy atom. The van der Waals surface area contributed by atoms with Crippen molar-refractivity contribution in [3.8, 4) is 0 Å². The highest BCUT2D eigenvalue weighted by atomic mass is 16.1. The van der Waals surface area contributed by atoms with E-state index in [4.69, 9.17) is 5.73 Å². The molecule has 1 aliphatic carbocycles. The van der Waals surface area contributed by atoms with Gasteiger partial charge in [-0.25, -0.2) is 0 Å². The molecule has 4 nitrogen and oxygen atoms in total. The van der Waals surface area contributed by atoms with Crippen LogP contribution < -0.4 is 11.1 Å². The van der Waals surface area contributed by atoms with E-state index in [2.05, 4.69) is 10.3 Å². The molecule has 0 unspecified atom stereocenters. The summed E-state index contributed by atoms with van der Waals surface area (Å²) in [6, 6.07) is 4.15. The largest absolute Gasteiger partial charge is 0.356 e. The standard InChI is InChI=1S/C12H17N3O/c13-11-6-10(7-11)12(16)15-5-3-9-2-1-4-14-8-9/h1-2,4,8,10-11H,3,5-7,13H2,(H,15,16). The number of hydrogen-bond acceptors (Lipinski definition) is 3. The second kappa shape index (κ2) is 5.07. The molecule has 86 valence electrons. The first-order chi connectivity index (χ1) is 7.75. The molecule has 2 rings (SSSR count). The Bertz CT molecular complexity index is 347. The lowest BCUT2D eigenvalue weighted by atomic mass is 9.80. The molecule has 1 amide bonds. The molecule has 1 saturated carbocycles. The summed E-state index contributed by atoms with van der Waals surface area (Å²) < 4.78 is 0. The van der Waals surface area contributed by atoms with Crippen molar-refractivity contribution in [2.75, 3.05) is 6.54 Å².